The van der Waals surface area contributed by atoms with E-state index in [0.717, 1.165) is 28.8 Å². The minimum absolute atomic E-state index is 0.283. The molecule has 3 aromatic rings. The zero-order chi connectivity index (χ0) is 16.9. The Balaban J connectivity index is 1.74. The molecule has 0 bridgehead atoms. The fourth-order valence-corrected chi connectivity index (χ4v) is 2.85. The molecular weight excluding hydrogens is 298 g/mol. The normalized spacial score (nSPS) is 10.6. The number of esters is 1. The summed E-state index contributed by atoms with van der Waals surface area (Å²) in [6.07, 6.45) is 0.807. The third-order valence-corrected chi connectivity index (χ3v) is 4.23. The Morgan fingerprint density at radius 3 is 2.12 bits per heavy atom. The summed E-state index contributed by atoms with van der Waals surface area (Å²) < 4.78 is 5.44. The Labute approximate surface area is 142 Å². The van der Waals surface area contributed by atoms with Gasteiger partial charge in [0.05, 0.1) is 0 Å². The van der Waals surface area contributed by atoms with Gasteiger partial charge in [-0.25, -0.2) is 4.79 Å². The van der Waals surface area contributed by atoms with Gasteiger partial charge in [0, 0.05) is 5.69 Å². The number of rotatable bonds is 5. The first-order valence-corrected chi connectivity index (χ1v) is 8.08. The molecule has 3 rings (SSSR count). The van der Waals surface area contributed by atoms with Crippen molar-refractivity contribution in [2.45, 2.75) is 26.9 Å². The number of ether oxygens (including phenoxy) is 1. The zero-order valence-corrected chi connectivity index (χ0v) is 14.0. The molecular formula is C21H21NO2. The second-order valence-electron chi connectivity index (χ2n) is 5.95. The van der Waals surface area contributed by atoms with Gasteiger partial charge in [0.1, 0.15) is 12.3 Å². The predicted molar refractivity (Wildman–Crippen MR) is 95.1 cm³/mol. The molecule has 0 amide bonds. The number of aromatic nitrogens is 1. The highest BCUT2D eigenvalue weighted by Gasteiger charge is 2.18. The van der Waals surface area contributed by atoms with Crippen LogP contribution in [0.2, 0.25) is 0 Å². The first-order valence-electron chi connectivity index (χ1n) is 8.08. The quantitative estimate of drug-likeness (QED) is 0.699. The van der Waals surface area contributed by atoms with Gasteiger partial charge in [-0.15, -0.1) is 0 Å². The van der Waals surface area contributed by atoms with Crippen molar-refractivity contribution in [3.63, 3.8) is 0 Å². The van der Waals surface area contributed by atoms with E-state index in [4.69, 9.17) is 4.74 Å². The van der Waals surface area contributed by atoms with Crippen molar-refractivity contribution in [1.82, 2.24) is 4.98 Å². The van der Waals surface area contributed by atoms with Gasteiger partial charge >= 0.3 is 5.97 Å². The highest BCUT2D eigenvalue weighted by atomic mass is 16.5. The van der Waals surface area contributed by atoms with Crippen LogP contribution in [0.1, 0.15) is 38.4 Å². The SMILES string of the molecule is Cc1[nH]c(C(=O)OCc2ccccc2)c(C)c1Cc1ccccc1. The minimum atomic E-state index is -0.307. The van der Waals surface area contributed by atoms with Crippen molar-refractivity contribution in [3.05, 3.63) is 94.3 Å². The summed E-state index contributed by atoms with van der Waals surface area (Å²) in [6.45, 7) is 4.26. The van der Waals surface area contributed by atoms with Crippen LogP contribution < -0.4 is 0 Å². The first-order chi connectivity index (χ1) is 11.6. The van der Waals surface area contributed by atoms with Crippen molar-refractivity contribution in [2.24, 2.45) is 0 Å². The maximum Gasteiger partial charge on any atom is 0.355 e. The lowest BCUT2D eigenvalue weighted by Gasteiger charge is -2.05. The van der Waals surface area contributed by atoms with Crippen molar-refractivity contribution in [1.29, 1.82) is 0 Å². The summed E-state index contributed by atoms with van der Waals surface area (Å²) in [5, 5.41) is 0. The van der Waals surface area contributed by atoms with E-state index in [-0.39, 0.29) is 12.6 Å². The number of carbonyl (C=O) groups is 1. The van der Waals surface area contributed by atoms with E-state index in [1.165, 1.54) is 5.56 Å². The Bertz CT molecular complexity index is 820. The van der Waals surface area contributed by atoms with Crippen LogP contribution >= 0.6 is 0 Å². The Morgan fingerprint density at radius 2 is 1.50 bits per heavy atom. The van der Waals surface area contributed by atoms with Crippen LogP contribution in [0.3, 0.4) is 0 Å². The van der Waals surface area contributed by atoms with E-state index in [9.17, 15) is 4.79 Å². The number of aromatic amines is 1. The molecule has 1 N–H and O–H groups in total. The molecule has 0 spiro atoms. The predicted octanol–water partition coefficient (Wildman–Crippen LogP) is 4.58. The number of nitrogens with one attached hydrogen (secondary N) is 1. The van der Waals surface area contributed by atoms with Crippen molar-refractivity contribution in [2.75, 3.05) is 0 Å². The van der Waals surface area contributed by atoms with Gasteiger partial charge in [0.2, 0.25) is 0 Å². The van der Waals surface area contributed by atoms with Crippen LogP contribution in [-0.4, -0.2) is 11.0 Å². The molecule has 3 heteroatoms. The maximum atomic E-state index is 12.4. The summed E-state index contributed by atoms with van der Waals surface area (Å²) in [7, 11) is 0. The van der Waals surface area contributed by atoms with Gasteiger partial charge in [0.15, 0.2) is 0 Å². The zero-order valence-electron chi connectivity index (χ0n) is 14.0. The summed E-state index contributed by atoms with van der Waals surface area (Å²) in [4.78, 5) is 15.6. The molecule has 24 heavy (non-hydrogen) atoms. The molecule has 122 valence electrons. The molecule has 0 unspecified atom stereocenters. The third kappa shape index (κ3) is 3.57. The van der Waals surface area contributed by atoms with E-state index < -0.39 is 0 Å². The van der Waals surface area contributed by atoms with E-state index in [1.54, 1.807) is 0 Å². The average Bonchev–Trinajstić information content (AvgIpc) is 2.90. The smallest absolute Gasteiger partial charge is 0.355 e. The van der Waals surface area contributed by atoms with Crippen molar-refractivity contribution in [3.8, 4) is 0 Å². The van der Waals surface area contributed by atoms with Crippen LogP contribution in [-0.2, 0) is 17.8 Å². The van der Waals surface area contributed by atoms with Crippen LogP contribution in [0.5, 0.6) is 0 Å². The number of aryl methyl sites for hydroxylation is 1. The molecule has 0 aliphatic heterocycles. The van der Waals surface area contributed by atoms with Crippen molar-refractivity contribution < 1.29 is 9.53 Å². The molecule has 0 saturated carbocycles. The topological polar surface area (TPSA) is 42.1 Å². The van der Waals surface area contributed by atoms with Gasteiger partial charge in [-0.05, 0) is 42.5 Å². The third-order valence-electron chi connectivity index (χ3n) is 4.23. The molecule has 1 heterocycles. The van der Waals surface area contributed by atoms with Crippen LogP contribution in [0.15, 0.2) is 60.7 Å². The Morgan fingerprint density at radius 1 is 0.917 bits per heavy atom. The molecule has 0 aliphatic rings. The standard InChI is InChI=1S/C21H21NO2/c1-15-19(13-17-9-5-3-6-10-17)16(2)22-20(15)21(23)24-14-18-11-7-4-8-12-18/h3-12,22H,13-14H2,1-2H3. The van der Waals surface area contributed by atoms with Crippen LogP contribution in [0, 0.1) is 13.8 Å². The Kier molecular flexibility index (Phi) is 4.80. The second kappa shape index (κ2) is 7.18. The van der Waals surface area contributed by atoms with Crippen LogP contribution in [0.4, 0.5) is 0 Å². The number of carbonyl (C=O) groups excluding carboxylic acids is 1. The maximum absolute atomic E-state index is 12.4. The first kappa shape index (κ1) is 16.1. The lowest BCUT2D eigenvalue weighted by molar-refractivity contribution is 0.0465. The number of hydrogen-bond donors (Lipinski definition) is 1. The molecule has 0 aliphatic carbocycles. The fourth-order valence-electron chi connectivity index (χ4n) is 2.85. The number of benzene rings is 2. The fraction of sp³-hybridized carbons (Fsp3) is 0.190. The molecule has 0 fully saturated rings. The van der Waals surface area contributed by atoms with E-state index in [2.05, 4.69) is 17.1 Å². The van der Waals surface area contributed by atoms with E-state index in [0.29, 0.717) is 5.69 Å². The highest BCUT2D eigenvalue weighted by molar-refractivity contribution is 5.89. The van der Waals surface area contributed by atoms with E-state index >= 15 is 0 Å². The lowest BCUT2D eigenvalue weighted by Crippen LogP contribution is -2.07. The minimum Gasteiger partial charge on any atom is -0.456 e. The molecule has 0 radical (unpaired) electrons. The molecule has 3 nitrogen and oxygen atoms in total. The largest absolute Gasteiger partial charge is 0.456 e. The number of H-pyrrole nitrogens is 1. The molecule has 1 aromatic heterocycles. The summed E-state index contributed by atoms with van der Waals surface area (Å²) in [5.74, 6) is -0.307. The summed E-state index contributed by atoms with van der Waals surface area (Å²) >= 11 is 0. The average molecular weight is 319 g/mol. The van der Waals surface area contributed by atoms with Crippen molar-refractivity contribution >= 4 is 5.97 Å². The number of hydrogen-bond acceptors (Lipinski definition) is 2. The lowest BCUT2D eigenvalue weighted by atomic mass is 10.0. The highest BCUT2D eigenvalue weighted by Crippen LogP contribution is 2.22. The molecule has 2 aromatic carbocycles. The Hall–Kier alpha value is -2.81. The molecule has 0 atom stereocenters. The second-order valence-corrected chi connectivity index (χ2v) is 5.95. The van der Waals surface area contributed by atoms with E-state index in [1.807, 2.05) is 62.4 Å². The van der Waals surface area contributed by atoms with Gasteiger partial charge in [-0.2, -0.15) is 0 Å². The monoisotopic (exact) mass is 319 g/mol. The summed E-state index contributed by atoms with van der Waals surface area (Å²) in [6, 6.07) is 20.0. The molecule has 0 saturated heterocycles. The van der Waals surface area contributed by atoms with Gasteiger partial charge in [-0.1, -0.05) is 60.7 Å². The van der Waals surface area contributed by atoms with Gasteiger partial charge in [-0.3, -0.25) is 0 Å². The van der Waals surface area contributed by atoms with Gasteiger partial charge in [0.25, 0.3) is 0 Å². The van der Waals surface area contributed by atoms with Crippen LogP contribution in [0.25, 0.3) is 0 Å². The van der Waals surface area contributed by atoms with Gasteiger partial charge < -0.3 is 9.72 Å². The summed E-state index contributed by atoms with van der Waals surface area (Å²) in [5.41, 5.74) is 5.91.